The van der Waals surface area contributed by atoms with Crippen molar-refractivity contribution in [2.24, 2.45) is 0 Å². The Morgan fingerprint density at radius 3 is 2.26 bits per heavy atom. The van der Waals surface area contributed by atoms with Gasteiger partial charge in [-0.3, -0.25) is 9.59 Å². The van der Waals surface area contributed by atoms with Gasteiger partial charge in [0.15, 0.2) is 6.61 Å². The van der Waals surface area contributed by atoms with E-state index >= 15 is 0 Å². The third-order valence-electron chi connectivity index (χ3n) is 3.94. The quantitative estimate of drug-likeness (QED) is 0.690. The number of rotatable bonds is 6. The molecule has 0 aliphatic heterocycles. The van der Waals surface area contributed by atoms with Gasteiger partial charge in [0.05, 0.1) is 5.56 Å². The molecule has 5 heteroatoms. The Bertz CT molecular complexity index is 939. The number of aryl methyl sites for hydroxylation is 1. The molecule has 3 aromatic carbocycles. The minimum absolute atomic E-state index is 0.191. The van der Waals surface area contributed by atoms with Crippen LogP contribution in [0.2, 0.25) is 0 Å². The molecule has 0 unspecified atom stereocenters. The van der Waals surface area contributed by atoms with Crippen molar-refractivity contribution in [3.05, 3.63) is 90.0 Å². The number of carbonyl (C=O) groups is 2. The second-order valence-corrected chi connectivity index (χ2v) is 5.97. The molecule has 136 valence electrons. The Hall–Kier alpha value is -3.60. The predicted octanol–water partition coefficient (Wildman–Crippen LogP) is 4.26. The monoisotopic (exact) mass is 360 g/mol. The van der Waals surface area contributed by atoms with E-state index in [2.05, 4.69) is 10.6 Å². The summed E-state index contributed by atoms with van der Waals surface area (Å²) in [4.78, 5) is 24.7. The van der Waals surface area contributed by atoms with E-state index in [9.17, 15) is 9.59 Å². The van der Waals surface area contributed by atoms with Gasteiger partial charge < -0.3 is 15.4 Å². The Morgan fingerprint density at radius 2 is 1.48 bits per heavy atom. The molecule has 0 radical (unpaired) electrons. The number of ether oxygens (including phenoxy) is 1. The minimum atomic E-state index is -0.295. The maximum atomic E-state index is 12.5. The van der Waals surface area contributed by atoms with E-state index in [1.807, 2.05) is 49.4 Å². The first-order valence-corrected chi connectivity index (χ1v) is 8.57. The van der Waals surface area contributed by atoms with Crippen molar-refractivity contribution in [2.75, 3.05) is 17.2 Å². The lowest BCUT2D eigenvalue weighted by Gasteiger charge is -2.12. The van der Waals surface area contributed by atoms with Crippen molar-refractivity contribution >= 4 is 23.2 Å². The molecule has 3 rings (SSSR count). The molecule has 5 nitrogen and oxygen atoms in total. The van der Waals surface area contributed by atoms with Crippen molar-refractivity contribution in [3.63, 3.8) is 0 Å². The van der Waals surface area contributed by atoms with Gasteiger partial charge in [-0.25, -0.2) is 0 Å². The molecule has 3 aromatic rings. The standard InChI is InChI=1S/C22H20N2O3/c1-16-9-5-7-13-19(16)24-21(25)15-27-20-14-8-6-12-18(20)22(26)23-17-10-3-2-4-11-17/h2-14H,15H2,1H3,(H,23,26)(H,24,25). The van der Waals surface area contributed by atoms with Crippen molar-refractivity contribution in [1.29, 1.82) is 0 Å². The maximum Gasteiger partial charge on any atom is 0.262 e. The average Bonchev–Trinajstić information content (AvgIpc) is 2.69. The lowest BCUT2D eigenvalue weighted by molar-refractivity contribution is -0.118. The Balaban J connectivity index is 1.64. The second-order valence-electron chi connectivity index (χ2n) is 5.97. The lowest BCUT2D eigenvalue weighted by atomic mass is 10.2. The summed E-state index contributed by atoms with van der Waals surface area (Å²) >= 11 is 0. The van der Waals surface area contributed by atoms with Crippen LogP contribution in [-0.4, -0.2) is 18.4 Å². The van der Waals surface area contributed by atoms with E-state index in [0.29, 0.717) is 17.0 Å². The summed E-state index contributed by atoms with van der Waals surface area (Å²) in [6, 6.07) is 23.5. The van der Waals surface area contributed by atoms with Crippen LogP contribution < -0.4 is 15.4 Å². The fourth-order valence-electron chi connectivity index (χ4n) is 2.54. The third-order valence-corrected chi connectivity index (χ3v) is 3.94. The number of hydrogen-bond acceptors (Lipinski definition) is 3. The van der Waals surface area contributed by atoms with E-state index in [1.165, 1.54) is 0 Å². The zero-order valence-corrected chi connectivity index (χ0v) is 14.9. The molecule has 2 N–H and O–H groups in total. The van der Waals surface area contributed by atoms with E-state index in [4.69, 9.17) is 4.74 Å². The van der Waals surface area contributed by atoms with E-state index in [1.54, 1.807) is 36.4 Å². The summed E-state index contributed by atoms with van der Waals surface area (Å²) in [5.74, 6) is -0.232. The van der Waals surface area contributed by atoms with Gasteiger partial charge in [0.1, 0.15) is 5.75 Å². The van der Waals surface area contributed by atoms with Crippen molar-refractivity contribution in [3.8, 4) is 5.75 Å². The minimum Gasteiger partial charge on any atom is -0.483 e. The van der Waals surface area contributed by atoms with Gasteiger partial charge in [-0.2, -0.15) is 0 Å². The van der Waals surface area contributed by atoms with Gasteiger partial charge in [0.2, 0.25) is 0 Å². The molecule has 0 fully saturated rings. The average molecular weight is 360 g/mol. The second kappa shape index (κ2) is 8.67. The summed E-state index contributed by atoms with van der Waals surface area (Å²) in [6.45, 7) is 1.73. The highest BCUT2D eigenvalue weighted by molar-refractivity contribution is 6.06. The zero-order chi connectivity index (χ0) is 19.1. The molecule has 0 heterocycles. The Labute approximate surface area is 158 Å². The number of benzene rings is 3. The van der Waals surface area contributed by atoms with Gasteiger partial charge >= 0.3 is 0 Å². The van der Waals surface area contributed by atoms with Crippen LogP contribution in [0.25, 0.3) is 0 Å². The summed E-state index contributed by atoms with van der Waals surface area (Å²) in [7, 11) is 0. The number of hydrogen-bond donors (Lipinski definition) is 2. The first-order chi connectivity index (χ1) is 13.1. The summed E-state index contributed by atoms with van der Waals surface area (Å²) in [6.07, 6.45) is 0. The maximum absolute atomic E-state index is 12.5. The van der Waals surface area contributed by atoms with Gasteiger partial charge in [-0.1, -0.05) is 48.5 Å². The molecule has 2 amide bonds. The van der Waals surface area contributed by atoms with Crippen LogP contribution in [0, 0.1) is 6.92 Å². The largest absolute Gasteiger partial charge is 0.483 e. The van der Waals surface area contributed by atoms with Crippen molar-refractivity contribution in [1.82, 2.24) is 0 Å². The summed E-state index contributed by atoms with van der Waals surface area (Å²) in [5.41, 5.74) is 2.76. The zero-order valence-electron chi connectivity index (χ0n) is 14.9. The fraction of sp³-hybridized carbons (Fsp3) is 0.0909. The first kappa shape index (κ1) is 18.2. The topological polar surface area (TPSA) is 67.4 Å². The van der Waals surface area contributed by atoms with E-state index < -0.39 is 0 Å². The smallest absolute Gasteiger partial charge is 0.262 e. The molecular formula is C22H20N2O3. The molecular weight excluding hydrogens is 340 g/mol. The fourth-order valence-corrected chi connectivity index (χ4v) is 2.54. The first-order valence-electron chi connectivity index (χ1n) is 8.57. The normalized spacial score (nSPS) is 10.1. The molecule has 0 atom stereocenters. The molecule has 0 aliphatic rings. The lowest BCUT2D eigenvalue weighted by Crippen LogP contribution is -2.22. The van der Waals surface area contributed by atoms with Gasteiger partial charge in [-0.15, -0.1) is 0 Å². The van der Waals surface area contributed by atoms with E-state index in [-0.39, 0.29) is 18.4 Å². The highest BCUT2D eigenvalue weighted by Crippen LogP contribution is 2.20. The number of para-hydroxylation sites is 3. The summed E-state index contributed by atoms with van der Waals surface area (Å²) in [5, 5.41) is 5.62. The van der Waals surface area contributed by atoms with Gasteiger partial charge in [0.25, 0.3) is 11.8 Å². The van der Waals surface area contributed by atoms with Crippen LogP contribution >= 0.6 is 0 Å². The van der Waals surface area contributed by atoms with Crippen LogP contribution in [0.1, 0.15) is 15.9 Å². The van der Waals surface area contributed by atoms with Crippen LogP contribution in [0.5, 0.6) is 5.75 Å². The highest BCUT2D eigenvalue weighted by atomic mass is 16.5. The summed E-state index contributed by atoms with van der Waals surface area (Å²) < 4.78 is 5.60. The molecule has 0 aromatic heterocycles. The number of nitrogens with one attached hydrogen (secondary N) is 2. The highest BCUT2D eigenvalue weighted by Gasteiger charge is 2.14. The van der Waals surface area contributed by atoms with Crippen LogP contribution in [-0.2, 0) is 4.79 Å². The number of carbonyl (C=O) groups excluding carboxylic acids is 2. The molecule has 0 saturated heterocycles. The third kappa shape index (κ3) is 4.95. The molecule has 27 heavy (non-hydrogen) atoms. The Kier molecular flexibility index (Phi) is 5.84. The SMILES string of the molecule is Cc1ccccc1NC(=O)COc1ccccc1C(=O)Nc1ccccc1. The number of anilines is 2. The molecule has 0 bridgehead atoms. The molecule has 0 saturated carbocycles. The number of amides is 2. The molecule has 0 aliphatic carbocycles. The van der Waals surface area contributed by atoms with Crippen LogP contribution in [0.15, 0.2) is 78.9 Å². The predicted molar refractivity (Wildman–Crippen MR) is 106 cm³/mol. The van der Waals surface area contributed by atoms with Crippen molar-refractivity contribution < 1.29 is 14.3 Å². The van der Waals surface area contributed by atoms with Crippen molar-refractivity contribution in [2.45, 2.75) is 6.92 Å². The molecule has 0 spiro atoms. The van der Waals surface area contributed by atoms with Crippen LogP contribution in [0.3, 0.4) is 0 Å². The van der Waals surface area contributed by atoms with Gasteiger partial charge in [-0.05, 0) is 42.8 Å². The Morgan fingerprint density at radius 1 is 0.815 bits per heavy atom. The van der Waals surface area contributed by atoms with Crippen LogP contribution in [0.4, 0.5) is 11.4 Å². The van der Waals surface area contributed by atoms with Gasteiger partial charge in [0, 0.05) is 11.4 Å². The van der Waals surface area contributed by atoms with E-state index in [0.717, 1.165) is 11.3 Å².